The van der Waals surface area contributed by atoms with Crippen LogP contribution >= 0.6 is 0 Å². The molecule has 4 rings (SSSR count). The molecule has 6 heteroatoms. The summed E-state index contributed by atoms with van der Waals surface area (Å²) in [7, 11) is 2.15. The monoisotopic (exact) mass is 288 g/mol. The van der Waals surface area contributed by atoms with Crippen LogP contribution in [0.15, 0.2) is 27.2 Å². The Bertz CT molecular complexity index is 583. The van der Waals surface area contributed by atoms with E-state index in [0.717, 1.165) is 0 Å². The number of nitrogens with one attached hydrogen (secondary N) is 1. The normalized spacial score (nSPS) is 28.4. The first-order valence-corrected chi connectivity index (χ1v) is 7.60. The van der Waals surface area contributed by atoms with Crippen LogP contribution in [0.3, 0.4) is 0 Å². The molecule has 2 aromatic heterocycles. The van der Waals surface area contributed by atoms with Crippen molar-refractivity contribution in [2.75, 3.05) is 7.05 Å². The van der Waals surface area contributed by atoms with Gasteiger partial charge in [0.1, 0.15) is 0 Å². The SMILES string of the molecule is CN(Cc1nnc(-c2ccco2)o1)C1CC2CCC(C1)N2. The highest BCUT2D eigenvalue weighted by molar-refractivity contribution is 5.42. The van der Waals surface area contributed by atoms with Crippen molar-refractivity contribution in [1.82, 2.24) is 20.4 Å². The van der Waals surface area contributed by atoms with Crippen LogP contribution in [0, 0.1) is 0 Å². The van der Waals surface area contributed by atoms with Crippen molar-refractivity contribution < 1.29 is 8.83 Å². The molecule has 4 heterocycles. The molecule has 2 aliphatic heterocycles. The summed E-state index contributed by atoms with van der Waals surface area (Å²) in [5, 5.41) is 11.8. The van der Waals surface area contributed by atoms with Crippen LogP contribution < -0.4 is 5.32 Å². The van der Waals surface area contributed by atoms with Crippen molar-refractivity contribution in [2.24, 2.45) is 0 Å². The molecule has 0 aromatic carbocycles. The lowest BCUT2D eigenvalue weighted by Gasteiger charge is -2.34. The van der Waals surface area contributed by atoms with Gasteiger partial charge in [-0.05, 0) is 44.9 Å². The van der Waals surface area contributed by atoms with E-state index < -0.39 is 0 Å². The molecule has 2 saturated heterocycles. The number of furan rings is 1. The second-order valence-electron chi connectivity index (χ2n) is 6.16. The third-order valence-electron chi connectivity index (χ3n) is 4.65. The predicted octanol–water partition coefficient (Wildman–Crippen LogP) is 2.04. The number of aromatic nitrogens is 2. The Morgan fingerprint density at radius 1 is 1.29 bits per heavy atom. The summed E-state index contributed by atoms with van der Waals surface area (Å²) >= 11 is 0. The van der Waals surface area contributed by atoms with Gasteiger partial charge in [0.2, 0.25) is 5.89 Å². The molecule has 0 amide bonds. The van der Waals surface area contributed by atoms with Gasteiger partial charge in [-0.3, -0.25) is 4.90 Å². The van der Waals surface area contributed by atoms with Crippen LogP contribution in [-0.4, -0.2) is 40.3 Å². The van der Waals surface area contributed by atoms with Gasteiger partial charge in [-0.15, -0.1) is 10.2 Å². The lowest BCUT2D eigenvalue weighted by atomic mass is 9.98. The Kier molecular flexibility index (Phi) is 3.27. The molecular formula is C15H20N4O2. The second kappa shape index (κ2) is 5.27. The lowest BCUT2D eigenvalue weighted by molar-refractivity contribution is 0.154. The van der Waals surface area contributed by atoms with Crippen LogP contribution in [0.4, 0.5) is 0 Å². The van der Waals surface area contributed by atoms with Gasteiger partial charge in [-0.1, -0.05) is 0 Å². The maximum absolute atomic E-state index is 5.69. The van der Waals surface area contributed by atoms with Crippen molar-refractivity contribution in [3.8, 4) is 11.7 Å². The Morgan fingerprint density at radius 3 is 2.81 bits per heavy atom. The van der Waals surface area contributed by atoms with Gasteiger partial charge in [0.05, 0.1) is 12.8 Å². The van der Waals surface area contributed by atoms with Gasteiger partial charge in [0.25, 0.3) is 5.89 Å². The molecule has 2 fully saturated rings. The van der Waals surface area contributed by atoms with E-state index in [1.807, 2.05) is 12.1 Å². The molecule has 2 aliphatic rings. The molecule has 2 aromatic rings. The summed E-state index contributed by atoms with van der Waals surface area (Å²) in [5.41, 5.74) is 0. The number of hydrogen-bond acceptors (Lipinski definition) is 6. The third-order valence-corrected chi connectivity index (χ3v) is 4.65. The minimum Gasteiger partial charge on any atom is -0.459 e. The fourth-order valence-corrected chi connectivity index (χ4v) is 3.55. The maximum atomic E-state index is 5.69. The van der Waals surface area contributed by atoms with Crippen molar-refractivity contribution in [1.29, 1.82) is 0 Å². The van der Waals surface area contributed by atoms with E-state index in [2.05, 4.69) is 27.5 Å². The summed E-state index contributed by atoms with van der Waals surface area (Å²) < 4.78 is 11.0. The number of rotatable bonds is 4. The molecule has 1 N–H and O–H groups in total. The van der Waals surface area contributed by atoms with E-state index in [1.165, 1.54) is 25.7 Å². The standard InChI is InChI=1S/C15H20N4O2/c1-19(12-7-10-4-5-11(8-12)16-10)9-14-17-18-15(21-14)13-3-2-6-20-13/h2-3,6,10-12,16H,4-5,7-9H2,1H3. The fourth-order valence-electron chi connectivity index (χ4n) is 3.55. The average Bonchev–Trinajstić information content (AvgIpc) is 3.20. The number of piperidine rings is 1. The van der Waals surface area contributed by atoms with Crippen molar-refractivity contribution in [2.45, 2.75) is 50.4 Å². The Labute approximate surface area is 123 Å². The summed E-state index contributed by atoms with van der Waals surface area (Å²) in [6, 6.07) is 5.62. The summed E-state index contributed by atoms with van der Waals surface area (Å²) in [6.45, 7) is 0.692. The van der Waals surface area contributed by atoms with E-state index in [1.54, 1.807) is 6.26 Å². The largest absolute Gasteiger partial charge is 0.459 e. The van der Waals surface area contributed by atoms with Gasteiger partial charge in [0, 0.05) is 18.1 Å². The van der Waals surface area contributed by atoms with Gasteiger partial charge >= 0.3 is 0 Å². The number of fused-ring (bicyclic) bond motifs is 2. The zero-order valence-corrected chi connectivity index (χ0v) is 12.2. The zero-order valence-electron chi connectivity index (χ0n) is 12.2. The van der Waals surface area contributed by atoms with Crippen molar-refractivity contribution >= 4 is 0 Å². The topological polar surface area (TPSA) is 67.3 Å². The van der Waals surface area contributed by atoms with E-state index >= 15 is 0 Å². The first kappa shape index (κ1) is 13.0. The molecule has 21 heavy (non-hydrogen) atoms. The van der Waals surface area contributed by atoms with Crippen LogP contribution in [0.5, 0.6) is 0 Å². The number of hydrogen-bond donors (Lipinski definition) is 1. The minimum absolute atomic E-state index is 0.453. The van der Waals surface area contributed by atoms with Crippen LogP contribution in [-0.2, 0) is 6.54 Å². The molecule has 2 unspecified atom stereocenters. The van der Waals surface area contributed by atoms with Crippen molar-refractivity contribution in [3.63, 3.8) is 0 Å². The van der Waals surface area contributed by atoms with E-state index in [0.29, 0.717) is 42.2 Å². The van der Waals surface area contributed by atoms with E-state index in [4.69, 9.17) is 8.83 Å². The quantitative estimate of drug-likeness (QED) is 0.928. The molecule has 0 radical (unpaired) electrons. The van der Waals surface area contributed by atoms with E-state index in [-0.39, 0.29) is 0 Å². The van der Waals surface area contributed by atoms with Crippen LogP contribution in [0.2, 0.25) is 0 Å². The molecule has 0 aliphatic carbocycles. The van der Waals surface area contributed by atoms with Gasteiger partial charge in [-0.25, -0.2) is 0 Å². The molecule has 2 atom stereocenters. The highest BCUT2D eigenvalue weighted by Crippen LogP contribution is 2.30. The first-order valence-electron chi connectivity index (χ1n) is 7.60. The van der Waals surface area contributed by atoms with Crippen LogP contribution in [0.25, 0.3) is 11.7 Å². The Balaban J connectivity index is 1.41. The third kappa shape index (κ3) is 2.61. The second-order valence-corrected chi connectivity index (χ2v) is 6.16. The molecule has 112 valence electrons. The highest BCUT2D eigenvalue weighted by atomic mass is 16.4. The first-order chi connectivity index (χ1) is 10.3. The lowest BCUT2D eigenvalue weighted by Crippen LogP contribution is -2.46. The van der Waals surface area contributed by atoms with Gasteiger partial charge in [-0.2, -0.15) is 0 Å². The molecule has 6 nitrogen and oxygen atoms in total. The highest BCUT2D eigenvalue weighted by Gasteiger charge is 2.35. The summed E-state index contributed by atoms with van der Waals surface area (Å²) in [6.07, 6.45) is 6.67. The Hall–Kier alpha value is -1.66. The fraction of sp³-hybridized carbons (Fsp3) is 0.600. The van der Waals surface area contributed by atoms with Gasteiger partial charge in [0.15, 0.2) is 5.76 Å². The van der Waals surface area contributed by atoms with Crippen molar-refractivity contribution in [3.05, 3.63) is 24.3 Å². The maximum Gasteiger partial charge on any atom is 0.283 e. The number of nitrogens with zero attached hydrogens (tertiary/aromatic N) is 3. The van der Waals surface area contributed by atoms with Crippen LogP contribution in [0.1, 0.15) is 31.6 Å². The van der Waals surface area contributed by atoms with E-state index in [9.17, 15) is 0 Å². The van der Waals surface area contributed by atoms with Gasteiger partial charge < -0.3 is 14.2 Å². The Morgan fingerprint density at radius 2 is 2.10 bits per heavy atom. The summed E-state index contributed by atoms with van der Waals surface area (Å²) in [5.74, 6) is 1.72. The molecule has 2 bridgehead atoms. The molecule has 0 spiro atoms. The zero-order chi connectivity index (χ0) is 14.2. The molecular weight excluding hydrogens is 268 g/mol. The average molecular weight is 288 g/mol. The minimum atomic E-state index is 0.453. The summed E-state index contributed by atoms with van der Waals surface area (Å²) in [4.78, 5) is 2.34. The smallest absolute Gasteiger partial charge is 0.283 e. The molecule has 0 saturated carbocycles. The predicted molar refractivity (Wildman–Crippen MR) is 76.4 cm³/mol.